The van der Waals surface area contributed by atoms with Gasteiger partial charge in [-0.3, -0.25) is 4.79 Å². The average Bonchev–Trinajstić information content (AvgIpc) is 3.05. The van der Waals surface area contributed by atoms with Gasteiger partial charge in [0.15, 0.2) is 0 Å². The Morgan fingerprint density at radius 1 is 1.08 bits per heavy atom. The van der Waals surface area contributed by atoms with Gasteiger partial charge in [0.05, 0.1) is 0 Å². The summed E-state index contributed by atoms with van der Waals surface area (Å²) < 4.78 is 2.01. The molecule has 2 aromatic rings. The highest BCUT2D eigenvalue weighted by atomic mass is 16.2. The van der Waals surface area contributed by atoms with E-state index in [1.807, 2.05) is 41.1 Å². The lowest BCUT2D eigenvalue weighted by Gasteiger charge is -2.29. The topological polar surface area (TPSA) is 37.3 Å². The van der Waals surface area contributed by atoms with E-state index in [1.54, 1.807) is 0 Å². The fourth-order valence-corrected chi connectivity index (χ4v) is 3.41. The Kier molecular flexibility index (Phi) is 5.70. The molecular formula is C20H27N3O. The largest absolute Gasteiger partial charge is 0.347 e. The summed E-state index contributed by atoms with van der Waals surface area (Å²) in [6.07, 6.45) is 5.86. The van der Waals surface area contributed by atoms with E-state index in [2.05, 4.69) is 29.3 Å². The second-order valence-corrected chi connectivity index (χ2v) is 6.74. The number of piperidine rings is 1. The lowest BCUT2D eigenvalue weighted by Crippen LogP contribution is -2.44. The molecule has 128 valence electrons. The Hall–Kier alpha value is -2.07. The molecule has 1 aromatic heterocycles. The van der Waals surface area contributed by atoms with Gasteiger partial charge in [0.25, 0.3) is 5.91 Å². The van der Waals surface area contributed by atoms with Gasteiger partial charge in [0.1, 0.15) is 5.69 Å². The second-order valence-electron chi connectivity index (χ2n) is 6.74. The van der Waals surface area contributed by atoms with Crippen LogP contribution in [0.1, 0.15) is 42.2 Å². The molecule has 0 aliphatic carbocycles. The number of hydrogen-bond donors (Lipinski definition) is 1. The minimum absolute atomic E-state index is 0.0143. The molecule has 0 bridgehead atoms. The van der Waals surface area contributed by atoms with E-state index in [-0.39, 0.29) is 11.9 Å². The summed E-state index contributed by atoms with van der Waals surface area (Å²) in [5.74, 6) is 0.0143. The van der Waals surface area contributed by atoms with Gasteiger partial charge in [0, 0.05) is 25.3 Å². The summed E-state index contributed by atoms with van der Waals surface area (Å²) in [6.45, 7) is 6.06. The summed E-state index contributed by atoms with van der Waals surface area (Å²) in [5.41, 5.74) is 1.92. The number of carbonyl (C=O) groups excluding carboxylic acids is 1. The highest BCUT2D eigenvalue weighted by molar-refractivity contribution is 5.93. The Morgan fingerprint density at radius 2 is 1.83 bits per heavy atom. The molecule has 1 atom stereocenters. The maximum Gasteiger partial charge on any atom is 0.268 e. The first-order chi connectivity index (χ1) is 11.7. The van der Waals surface area contributed by atoms with Crippen LogP contribution in [0.25, 0.3) is 0 Å². The molecule has 4 nitrogen and oxygen atoms in total. The van der Waals surface area contributed by atoms with Crippen LogP contribution in [0.3, 0.4) is 0 Å². The van der Waals surface area contributed by atoms with Crippen molar-refractivity contribution in [1.29, 1.82) is 0 Å². The van der Waals surface area contributed by atoms with Gasteiger partial charge in [-0.15, -0.1) is 0 Å². The van der Waals surface area contributed by atoms with E-state index in [0.29, 0.717) is 0 Å². The van der Waals surface area contributed by atoms with Crippen molar-refractivity contribution in [3.63, 3.8) is 0 Å². The molecule has 1 aliphatic heterocycles. The molecule has 2 heterocycles. The van der Waals surface area contributed by atoms with E-state index in [9.17, 15) is 4.79 Å². The molecule has 0 spiro atoms. The second kappa shape index (κ2) is 8.15. The van der Waals surface area contributed by atoms with Gasteiger partial charge in [-0.05, 0) is 50.6 Å². The molecule has 1 N–H and O–H groups in total. The minimum atomic E-state index is 0.0143. The Bertz CT molecular complexity index is 644. The summed E-state index contributed by atoms with van der Waals surface area (Å²) in [4.78, 5) is 15.1. The van der Waals surface area contributed by atoms with Crippen molar-refractivity contribution < 1.29 is 4.79 Å². The van der Waals surface area contributed by atoms with Gasteiger partial charge < -0.3 is 14.8 Å². The van der Waals surface area contributed by atoms with Crippen molar-refractivity contribution in [2.45, 2.75) is 38.8 Å². The number of rotatable bonds is 6. The van der Waals surface area contributed by atoms with Gasteiger partial charge in [0.2, 0.25) is 0 Å². The van der Waals surface area contributed by atoms with Crippen molar-refractivity contribution in [3.05, 3.63) is 59.9 Å². The molecule has 1 aliphatic rings. The number of carbonyl (C=O) groups is 1. The molecule has 1 saturated heterocycles. The molecule has 0 saturated carbocycles. The number of hydrogen-bond acceptors (Lipinski definition) is 2. The third-order valence-corrected chi connectivity index (χ3v) is 4.62. The number of nitrogens with one attached hydrogen (secondary N) is 1. The maximum absolute atomic E-state index is 12.6. The van der Waals surface area contributed by atoms with Crippen LogP contribution in [-0.2, 0) is 6.54 Å². The first kappa shape index (κ1) is 16.8. The predicted octanol–water partition coefficient (Wildman–Crippen LogP) is 3.14. The third-order valence-electron chi connectivity index (χ3n) is 4.62. The minimum Gasteiger partial charge on any atom is -0.347 e. The summed E-state index contributed by atoms with van der Waals surface area (Å²) >= 11 is 0. The molecule has 1 unspecified atom stereocenters. The molecule has 1 amide bonds. The first-order valence-electron chi connectivity index (χ1n) is 8.94. The normalized spacial score (nSPS) is 16.7. The average molecular weight is 325 g/mol. The van der Waals surface area contributed by atoms with Crippen molar-refractivity contribution >= 4 is 5.91 Å². The van der Waals surface area contributed by atoms with E-state index < -0.39 is 0 Å². The number of amides is 1. The molecule has 1 aromatic carbocycles. The smallest absolute Gasteiger partial charge is 0.268 e. The molecule has 24 heavy (non-hydrogen) atoms. The lowest BCUT2D eigenvalue weighted by molar-refractivity contribution is 0.0917. The molecule has 1 fully saturated rings. The van der Waals surface area contributed by atoms with Gasteiger partial charge in [-0.1, -0.05) is 36.8 Å². The molecule has 4 heteroatoms. The summed E-state index contributed by atoms with van der Waals surface area (Å²) in [7, 11) is 0. The molecular weight excluding hydrogens is 298 g/mol. The van der Waals surface area contributed by atoms with Crippen LogP contribution in [0, 0.1) is 0 Å². The van der Waals surface area contributed by atoms with Gasteiger partial charge in [-0.2, -0.15) is 0 Å². The van der Waals surface area contributed by atoms with Gasteiger partial charge >= 0.3 is 0 Å². The standard InChI is InChI=1S/C20H27N3O/c1-17(15-22-12-6-3-7-13-22)21-20(24)19-11-8-14-23(19)16-18-9-4-2-5-10-18/h2,4-5,8-11,14,17H,3,6-7,12-13,15-16H2,1H3,(H,21,24). The quantitative estimate of drug-likeness (QED) is 0.886. The molecule has 3 rings (SSSR count). The first-order valence-corrected chi connectivity index (χ1v) is 8.94. The SMILES string of the molecule is CC(CN1CCCCC1)NC(=O)c1cccn1Cc1ccccc1. The van der Waals surface area contributed by atoms with E-state index >= 15 is 0 Å². The number of aromatic nitrogens is 1. The number of likely N-dealkylation sites (tertiary alicyclic amines) is 1. The van der Waals surface area contributed by atoms with Crippen LogP contribution >= 0.6 is 0 Å². The zero-order valence-corrected chi connectivity index (χ0v) is 14.4. The fraction of sp³-hybridized carbons (Fsp3) is 0.450. The van der Waals surface area contributed by atoms with Gasteiger partial charge in [-0.25, -0.2) is 0 Å². The third kappa shape index (κ3) is 4.48. The van der Waals surface area contributed by atoms with Crippen LogP contribution < -0.4 is 5.32 Å². The van der Waals surface area contributed by atoms with Crippen molar-refractivity contribution in [3.8, 4) is 0 Å². The van der Waals surface area contributed by atoms with Crippen molar-refractivity contribution in [1.82, 2.24) is 14.8 Å². The van der Waals surface area contributed by atoms with E-state index in [1.165, 1.54) is 24.8 Å². The Balaban J connectivity index is 1.58. The van der Waals surface area contributed by atoms with Crippen molar-refractivity contribution in [2.24, 2.45) is 0 Å². The monoisotopic (exact) mass is 325 g/mol. The van der Waals surface area contributed by atoms with Crippen LogP contribution in [0.4, 0.5) is 0 Å². The van der Waals surface area contributed by atoms with Crippen molar-refractivity contribution in [2.75, 3.05) is 19.6 Å². The Morgan fingerprint density at radius 3 is 2.58 bits per heavy atom. The zero-order chi connectivity index (χ0) is 16.8. The number of nitrogens with zero attached hydrogens (tertiary/aromatic N) is 2. The van der Waals surface area contributed by atoms with E-state index in [4.69, 9.17) is 0 Å². The van der Waals surface area contributed by atoms with Crippen LogP contribution in [0.15, 0.2) is 48.7 Å². The lowest BCUT2D eigenvalue weighted by atomic mass is 10.1. The highest BCUT2D eigenvalue weighted by Gasteiger charge is 2.17. The van der Waals surface area contributed by atoms with Crippen LogP contribution in [0.2, 0.25) is 0 Å². The van der Waals surface area contributed by atoms with E-state index in [0.717, 1.165) is 31.9 Å². The Labute approximate surface area is 144 Å². The van der Waals surface area contributed by atoms with Crippen LogP contribution in [-0.4, -0.2) is 41.1 Å². The predicted molar refractivity (Wildman–Crippen MR) is 97.2 cm³/mol. The fourth-order valence-electron chi connectivity index (χ4n) is 3.41. The number of benzene rings is 1. The van der Waals surface area contributed by atoms with Crippen LogP contribution in [0.5, 0.6) is 0 Å². The maximum atomic E-state index is 12.6. The molecule has 0 radical (unpaired) electrons. The zero-order valence-electron chi connectivity index (χ0n) is 14.4. The highest BCUT2D eigenvalue weighted by Crippen LogP contribution is 2.10. The summed E-state index contributed by atoms with van der Waals surface area (Å²) in [5, 5.41) is 3.15. The summed E-state index contributed by atoms with van der Waals surface area (Å²) in [6, 6.07) is 14.2.